The predicted molar refractivity (Wildman–Crippen MR) is 106 cm³/mol. The van der Waals surface area contributed by atoms with Crippen molar-refractivity contribution in [2.75, 3.05) is 13.3 Å². The zero-order chi connectivity index (χ0) is 21.2. The van der Waals surface area contributed by atoms with Crippen molar-refractivity contribution in [2.45, 2.75) is 58.5 Å². The number of carbonyl (C=O) groups excluding carboxylic acids is 3. The highest BCUT2D eigenvalue weighted by Gasteiger charge is 2.49. The second-order valence-corrected chi connectivity index (χ2v) is 8.31. The third-order valence-electron chi connectivity index (χ3n) is 5.35. The van der Waals surface area contributed by atoms with Gasteiger partial charge >= 0.3 is 6.03 Å². The average molecular weight is 403 g/mol. The lowest BCUT2D eigenvalue weighted by Gasteiger charge is -2.22. The van der Waals surface area contributed by atoms with Crippen LogP contribution in [0.3, 0.4) is 0 Å². The number of nitrogens with zero attached hydrogens (tertiary/aromatic N) is 1. The quantitative estimate of drug-likeness (QED) is 0.650. The molecule has 3 rings (SSSR count). The van der Waals surface area contributed by atoms with E-state index in [2.05, 4.69) is 24.5 Å². The second-order valence-electron chi connectivity index (χ2n) is 8.31. The fourth-order valence-corrected chi connectivity index (χ4v) is 3.61. The zero-order valence-corrected chi connectivity index (χ0v) is 17.4. The maximum Gasteiger partial charge on any atom is 0.325 e. The Morgan fingerprint density at radius 3 is 2.66 bits per heavy atom. The van der Waals surface area contributed by atoms with Crippen molar-refractivity contribution >= 4 is 17.8 Å². The minimum atomic E-state index is -1.26. The van der Waals surface area contributed by atoms with E-state index in [9.17, 15) is 14.4 Å². The van der Waals surface area contributed by atoms with Crippen LogP contribution in [0, 0.1) is 5.92 Å². The van der Waals surface area contributed by atoms with E-state index in [1.54, 1.807) is 25.1 Å². The number of urea groups is 1. The third kappa shape index (κ3) is 4.46. The van der Waals surface area contributed by atoms with E-state index in [0.29, 0.717) is 23.0 Å². The van der Waals surface area contributed by atoms with Crippen LogP contribution < -0.4 is 20.1 Å². The summed E-state index contributed by atoms with van der Waals surface area (Å²) < 4.78 is 10.7. The van der Waals surface area contributed by atoms with E-state index in [1.165, 1.54) is 0 Å². The topological polar surface area (TPSA) is 97.0 Å². The van der Waals surface area contributed by atoms with Gasteiger partial charge in [-0.3, -0.25) is 14.5 Å². The number of ether oxygens (including phenoxy) is 2. The lowest BCUT2D eigenvalue weighted by atomic mass is 9.91. The summed E-state index contributed by atoms with van der Waals surface area (Å²) in [6.45, 7) is 7.70. The molecule has 2 aliphatic rings. The first kappa shape index (κ1) is 21.0. The molecule has 0 bridgehead atoms. The summed E-state index contributed by atoms with van der Waals surface area (Å²) in [5.41, 5.74) is -0.689. The largest absolute Gasteiger partial charge is 0.454 e. The number of amides is 4. The number of carbonyl (C=O) groups is 3. The van der Waals surface area contributed by atoms with E-state index in [1.807, 2.05) is 6.92 Å². The van der Waals surface area contributed by atoms with E-state index in [4.69, 9.17) is 9.47 Å². The monoisotopic (exact) mass is 403 g/mol. The molecule has 0 aromatic heterocycles. The molecule has 0 unspecified atom stereocenters. The van der Waals surface area contributed by atoms with Crippen molar-refractivity contribution in [1.29, 1.82) is 0 Å². The molecule has 8 nitrogen and oxygen atoms in total. The Bertz CT molecular complexity index is 810. The molecule has 8 heteroatoms. The SMILES string of the molecule is CC(C)CCC[C@@H](C)NC(=O)CN1C(=O)N[C@](C)(c2ccc3c(c2)OCO3)C1=O. The van der Waals surface area contributed by atoms with Crippen molar-refractivity contribution in [3.63, 3.8) is 0 Å². The summed E-state index contributed by atoms with van der Waals surface area (Å²) in [7, 11) is 0. The molecule has 1 fully saturated rings. The first-order chi connectivity index (χ1) is 13.7. The molecular weight excluding hydrogens is 374 g/mol. The van der Waals surface area contributed by atoms with Gasteiger partial charge in [-0.2, -0.15) is 0 Å². The second kappa shape index (κ2) is 8.31. The number of rotatable bonds is 8. The van der Waals surface area contributed by atoms with Gasteiger partial charge in [0.2, 0.25) is 12.7 Å². The molecule has 0 spiro atoms. The van der Waals surface area contributed by atoms with Gasteiger partial charge in [-0.15, -0.1) is 0 Å². The number of imide groups is 1. The molecule has 0 radical (unpaired) electrons. The average Bonchev–Trinajstić information content (AvgIpc) is 3.19. The lowest BCUT2D eigenvalue weighted by molar-refractivity contribution is -0.135. The van der Waals surface area contributed by atoms with Gasteiger partial charge in [0.1, 0.15) is 12.1 Å². The highest BCUT2D eigenvalue weighted by atomic mass is 16.7. The van der Waals surface area contributed by atoms with Crippen LogP contribution in [0.25, 0.3) is 0 Å². The molecule has 0 saturated carbocycles. The lowest BCUT2D eigenvalue weighted by Crippen LogP contribution is -2.45. The summed E-state index contributed by atoms with van der Waals surface area (Å²) in [6, 6.07) is 4.50. The Hall–Kier alpha value is -2.77. The van der Waals surface area contributed by atoms with E-state index in [-0.39, 0.29) is 25.3 Å². The van der Waals surface area contributed by atoms with Crippen molar-refractivity contribution in [3.05, 3.63) is 23.8 Å². The Labute approximate surface area is 170 Å². The number of nitrogens with one attached hydrogen (secondary N) is 2. The van der Waals surface area contributed by atoms with Gasteiger partial charge < -0.3 is 20.1 Å². The van der Waals surface area contributed by atoms with Gasteiger partial charge in [0, 0.05) is 6.04 Å². The maximum absolute atomic E-state index is 13.0. The normalized spacial score (nSPS) is 21.5. The van der Waals surface area contributed by atoms with Crippen molar-refractivity contribution in [1.82, 2.24) is 15.5 Å². The molecule has 1 aromatic carbocycles. The Kier molecular flexibility index (Phi) is 6.00. The minimum absolute atomic E-state index is 0.0118. The van der Waals surface area contributed by atoms with Crippen LogP contribution in [0.1, 0.15) is 52.5 Å². The van der Waals surface area contributed by atoms with Crippen LogP contribution in [-0.2, 0) is 15.1 Å². The Morgan fingerprint density at radius 1 is 1.21 bits per heavy atom. The molecule has 0 aliphatic carbocycles. The number of fused-ring (bicyclic) bond motifs is 1. The van der Waals surface area contributed by atoms with Gasteiger partial charge in [-0.1, -0.05) is 32.8 Å². The molecule has 1 aromatic rings. The van der Waals surface area contributed by atoms with E-state index < -0.39 is 17.5 Å². The predicted octanol–water partition coefficient (Wildman–Crippen LogP) is 2.51. The van der Waals surface area contributed by atoms with E-state index in [0.717, 1.165) is 24.2 Å². The molecular formula is C21H29N3O5. The van der Waals surface area contributed by atoms with Gasteiger partial charge in [0.25, 0.3) is 5.91 Å². The fraction of sp³-hybridized carbons (Fsp3) is 0.571. The molecule has 29 heavy (non-hydrogen) atoms. The van der Waals surface area contributed by atoms with Crippen LogP contribution in [0.15, 0.2) is 18.2 Å². The van der Waals surface area contributed by atoms with Crippen molar-refractivity contribution < 1.29 is 23.9 Å². The summed E-state index contributed by atoms with van der Waals surface area (Å²) >= 11 is 0. The van der Waals surface area contributed by atoms with Crippen LogP contribution in [0.4, 0.5) is 4.79 Å². The van der Waals surface area contributed by atoms with Crippen LogP contribution in [0.2, 0.25) is 0 Å². The molecule has 2 atom stereocenters. The molecule has 2 N–H and O–H groups in total. The zero-order valence-electron chi connectivity index (χ0n) is 17.4. The maximum atomic E-state index is 13.0. The highest BCUT2D eigenvalue weighted by Crippen LogP contribution is 2.37. The van der Waals surface area contributed by atoms with Gasteiger partial charge in [-0.05, 0) is 43.9 Å². The Morgan fingerprint density at radius 2 is 1.93 bits per heavy atom. The smallest absolute Gasteiger partial charge is 0.325 e. The molecule has 2 aliphatic heterocycles. The van der Waals surface area contributed by atoms with Crippen molar-refractivity contribution in [2.24, 2.45) is 5.92 Å². The molecule has 158 valence electrons. The minimum Gasteiger partial charge on any atom is -0.454 e. The Balaban J connectivity index is 1.62. The summed E-state index contributed by atoms with van der Waals surface area (Å²) in [6.07, 6.45) is 2.98. The summed E-state index contributed by atoms with van der Waals surface area (Å²) in [4.78, 5) is 38.8. The number of benzene rings is 1. The first-order valence-corrected chi connectivity index (χ1v) is 10.0. The summed E-state index contributed by atoms with van der Waals surface area (Å²) in [5, 5.41) is 5.58. The highest BCUT2D eigenvalue weighted by molar-refractivity contribution is 6.09. The van der Waals surface area contributed by atoms with Gasteiger partial charge in [0.15, 0.2) is 11.5 Å². The van der Waals surface area contributed by atoms with Gasteiger partial charge in [0.05, 0.1) is 0 Å². The molecule has 1 saturated heterocycles. The summed E-state index contributed by atoms with van der Waals surface area (Å²) in [5.74, 6) is 0.927. The van der Waals surface area contributed by atoms with Crippen LogP contribution in [0.5, 0.6) is 11.5 Å². The van der Waals surface area contributed by atoms with Gasteiger partial charge in [-0.25, -0.2) is 4.79 Å². The first-order valence-electron chi connectivity index (χ1n) is 10.0. The number of hydrogen-bond acceptors (Lipinski definition) is 5. The van der Waals surface area contributed by atoms with Crippen molar-refractivity contribution in [3.8, 4) is 11.5 Å². The van der Waals surface area contributed by atoms with E-state index >= 15 is 0 Å². The third-order valence-corrected chi connectivity index (χ3v) is 5.35. The van der Waals surface area contributed by atoms with Crippen LogP contribution in [-0.4, -0.2) is 42.1 Å². The molecule has 2 heterocycles. The fourth-order valence-electron chi connectivity index (χ4n) is 3.61. The number of hydrogen-bond donors (Lipinski definition) is 2. The molecule has 4 amide bonds. The standard InChI is InChI=1S/C21H29N3O5/c1-13(2)6-5-7-14(3)22-18(25)11-24-19(26)21(4,23-20(24)27)15-8-9-16-17(10-15)29-12-28-16/h8-10,13-14H,5-7,11-12H2,1-4H3,(H,22,25)(H,23,27)/t14-,21-/m1/s1. The van der Waals surface area contributed by atoms with Crippen LogP contribution >= 0.6 is 0 Å².